The fourth-order valence-electron chi connectivity index (χ4n) is 2.43. The number of anilines is 1. The lowest BCUT2D eigenvalue weighted by Crippen LogP contribution is -2.27. The lowest BCUT2D eigenvalue weighted by Gasteiger charge is -2.11. The van der Waals surface area contributed by atoms with Crippen molar-refractivity contribution in [2.45, 2.75) is 25.5 Å². The second-order valence-corrected chi connectivity index (χ2v) is 5.33. The highest BCUT2D eigenvalue weighted by Gasteiger charge is 2.23. The van der Waals surface area contributed by atoms with Crippen LogP contribution in [0, 0.1) is 0 Å². The molecule has 0 bridgehead atoms. The van der Waals surface area contributed by atoms with E-state index in [1.54, 1.807) is 42.7 Å². The van der Waals surface area contributed by atoms with Crippen molar-refractivity contribution >= 4 is 17.5 Å². The summed E-state index contributed by atoms with van der Waals surface area (Å²) in [5, 5.41) is 5.55. The van der Waals surface area contributed by atoms with E-state index in [1.807, 2.05) is 0 Å². The van der Waals surface area contributed by atoms with Gasteiger partial charge in [0.1, 0.15) is 11.9 Å². The average Bonchev–Trinajstić information content (AvgIpc) is 3.26. The van der Waals surface area contributed by atoms with Crippen molar-refractivity contribution in [3.05, 3.63) is 54.0 Å². The predicted molar refractivity (Wildman–Crippen MR) is 83.9 cm³/mol. The summed E-state index contributed by atoms with van der Waals surface area (Å²) in [6.07, 6.45) is 2.79. The molecular weight excluding hydrogens is 296 g/mol. The summed E-state index contributed by atoms with van der Waals surface area (Å²) in [4.78, 5) is 24.2. The van der Waals surface area contributed by atoms with Crippen LogP contribution in [0.25, 0.3) is 0 Å². The fourth-order valence-corrected chi connectivity index (χ4v) is 2.43. The van der Waals surface area contributed by atoms with Gasteiger partial charge in [-0.15, -0.1) is 0 Å². The number of benzene rings is 1. The molecule has 2 heterocycles. The first-order chi connectivity index (χ1) is 11.2. The van der Waals surface area contributed by atoms with Crippen molar-refractivity contribution in [1.29, 1.82) is 0 Å². The van der Waals surface area contributed by atoms with Crippen LogP contribution in [0.15, 0.2) is 47.1 Å². The number of nitrogens with one attached hydrogen (secondary N) is 2. The van der Waals surface area contributed by atoms with Crippen molar-refractivity contribution in [1.82, 2.24) is 5.32 Å². The summed E-state index contributed by atoms with van der Waals surface area (Å²) in [7, 11) is 0. The molecule has 1 aromatic carbocycles. The quantitative estimate of drug-likeness (QED) is 0.887. The minimum atomic E-state index is -0.397. The van der Waals surface area contributed by atoms with E-state index >= 15 is 0 Å². The Kier molecular flexibility index (Phi) is 4.73. The van der Waals surface area contributed by atoms with Crippen LogP contribution in [0.3, 0.4) is 0 Å². The zero-order valence-corrected chi connectivity index (χ0v) is 12.6. The van der Waals surface area contributed by atoms with Crippen molar-refractivity contribution in [3.8, 4) is 0 Å². The van der Waals surface area contributed by atoms with Gasteiger partial charge in [0.25, 0.3) is 11.8 Å². The zero-order valence-electron chi connectivity index (χ0n) is 12.6. The summed E-state index contributed by atoms with van der Waals surface area (Å²) in [5.74, 6) is 0.284. The normalized spacial score (nSPS) is 17.0. The fraction of sp³-hybridized carbons (Fsp3) is 0.294. The smallest absolute Gasteiger partial charge is 0.253 e. The number of rotatable bonds is 5. The van der Waals surface area contributed by atoms with Gasteiger partial charge in [-0.2, -0.15) is 0 Å². The van der Waals surface area contributed by atoms with E-state index in [9.17, 15) is 9.59 Å². The monoisotopic (exact) mass is 314 g/mol. The standard InChI is InChI=1S/C17H18N2O4/c20-16(18-11-14-6-2-8-22-14)12-4-1-5-13(10-12)19-17(21)15-7-3-9-23-15/h1-2,4-6,8,10,15H,3,7,9,11H2,(H,18,20)(H,19,21)/t15-/m1/s1. The number of furan rings is 1. The Labute approximate surface area is 133 Å². The van der Waals surface area contributed by atoms with Crippen LogP contribution in [-0.4, -0.2) is 24.5 Å². The van der Waals surface area contributed by atoms with Crippen LogP contribution >= 0.6 is 0 Å². The van der Waals surface area contributed by atoms with Gasteiger partial charge < -0.3 is 19.8 Å². The van der Waals surface area contributed by atoms with Crippen molar-refractivity contribution in [2.75, 3.05) is 11.9 Å². The molecule has 0 unspecified atom stereocenters. The highest BCUT2D eigenvalue weighted by atomic mass is 16.5. The maximum atomic E-state index is 12.1. The van der Waals surface area contributed by atoms with Gasteiger partial charge in [0.05, 0.1) is 12.8 Å². The Balaban J connectivity index is 1.59. The van der Waals surface area contributed by atoms with Gasteiger partial charge in [0.2, 0.25) is 0 Å². The molecule has 0 saturated carbocycles. The van der Waals surface area contributed by atoms with E-state index in [4.69, 9.17) is 9.15 Å². The molecule has 1 aliphatic heterocycles. The number of hydrogen-bond donors (Lipinski definition) is 2. The second kappa shape index (κ2) is 7.11. The van der Waals surface area contributed by atoms with Crippen molar-refractivity contribution < 1.29 is 18.7 Å². The van der Waals surface area contributed by atoms with Gasteiger partial charge in [-0.25, -0.2) is 0 Å². The molecule has 0 aliphatic carbocycles. The van der Waals surface area contributed by atoms with E-state index in [0.29, 0.717) is 30.2 Å². The first kappa shape index (κ1) is 15.3. The van der Waals surface area contributed by atoms with Crippen LogP contribution in [0.5, 0.6) is 0 Å². The first-order valence-electron chi connectivity index (χ1n) is 7.55. The summed E-state index contributed by atoms with van der Waals surface area (Å²) in [5.41, 5.74) is 1.05. The maximum absolute atomic E-state index is 12.1. The molecule has 120 valence electrons. The van der Waals surface area contributed by atoms with Gasteiger partial charge in [-0.3, -0.25) is 9.59 Å². The van der Waals surface area contributed by atoms with Gasteiger partial charge in [0, 0.05) is 17.9 Å². The SMILES string of the molecule is O=C(NCc1ccco1)c1cccc(NC(=O)[C@H]2CCCO2)c1. The van der Waals surface area contributed by atoms with Crippen LogP contribution in [-0.2, 0) is 16.1 Å². The molecule has 2 aromatic rings. The van der Waals surface area contributed by atoms with Crippen LogP contribution in [0.1, 0.15) is 29.0 Å². The molecule has 0 radical (unpaired) electrons. The first-order valence-corrected chi connectivity index (χ1v) is 7.55. The Bertz CT molecular complexity index is 676. The highest BCUT2D eigenvalue weighted by Crippen LogP contribution is 2.16. The lowest BCUT2D eigenvalue weighted by atomic mass is 10.1. The van der Waals surface area contributed by atoms with E-state index in [0.717, 1.165) is 12.8 Å². The second-order valence-electron chi connectivity index (χ2n) is 5.33. The van der Waals surface area contributed by atoms with Crippen LogP contribution in [0.4, 0.5) is 5.69 Å². The van der Waals surface area contributed by atoms with Gasteiger partial charge in [-0.1, -0.05) is 6.07 Å². The van der Waals surface area contributed by atoms with E-state index in [1.165, 1.54) is 0 Å². The summed E-state index contributed by atoms with van der Waals surface area (Å²) < 4.78 is 10.5. The van der Waals surface area contributed by atoms with Crippen molar-refractivity contribution in [2.24, 2.45) is 0 Å². The predicted octanol–water partition coefficient (Wildman–Crippen LogP) is 2.33. The molecule has 1 atom stereocenters. The minimum Gasteiger partial charge on any atom is -0.467 e. The maximum Gasteiger partial charge on any atom is 0.253 e. The van der Waals surface area contributed by atoms with Gasteiger partial charge in [-0.05, 0) is 43.2 Å². The Hall–Kier alpha value is -2.60. The lowest BCUT2D eigenvalue weighted by molar-refractivity contribution is -0.124. The third-order valence-electron chi connectivity index (χ3n) is 3.62. The van der Waals surface area contributed by atoms with Gasteiger partial charge in [0.15, 0.2) is 0 Å². The molecule has 0 spiro atoms. The van der Waals surface area contributed by atoms with E-state index in [-0.39, 0.29) is 11.8 Å². The average molecular weight is 314 g/mol. The third kappa shape index (κ3) is 3.98. The molecule has 3 rings (SSSR count). The molecule has 2 amide bonds. The summed E-state index contributed by atoms with van der Waals surface area (Å²) in [6, 6.07) is 10.4. The van der Waals surface area contributed by atoms with E-state index < -0.39 is 6.10 Å². The molecule has 23 heavy (non-hydrogen) atoms. The molecule has 1 aliphatic rings. The highest BCUT2D eigenvalue weighted by molar-refractivity contribution is 5.98. The summed E-state index contributed by atoms with van der Waals surface area (Å²) in [6.45, 7) is 0.936. The summed E-state index contributed by atoms with van der Waals surface area (Å²) >= 11 is 0. The Morgan fingerprint density at radius 3 is 2.87 bits per heavy atom. The topological polar surface area (TPSA) is 80.6 Å². The number of hydrogen-bond acceptors (Lipinski definition) is 4. The number of carbonyl (C=O) groups is 2. The molecule has 1 fully saturated rings. The number of amides is 2. The van der Waals surface area contributed by atoms with Crippen LogP contribution < -0.4 is 10.6 Å². The minimum absolute atomic E-state index is 0.171. The Morgan fingerprint density at radius 1 is 1.22 bits per heavy atom. The molecule has 1 aromatic heterocycles. The van der Waals surface area contributed by atoms with Crippen LogP contribution in [0.2, 0.25) is 0 Å². The van der Waals surface area contributed by atoms with Crippen molar-refractivity contribution in [3.63, 3.8) is 0 Å². The number of ether oxygens (including phenoxy) is 1. The Morgan fingerprint density at radius 2 is 2.13 bits per heavy atom. The molecule has 6 heteroatoms. The number of carbonyl (C=O) groups excluding carboxylic acids is 2. The zero-order chi connectivity index (χ0) is 16.1. The van der Waals surface area contributed by atoms with E-state index in [2.05, 4.69) is 10.6 Å². The molecule has 1 saturated heterocycles. The largest absolute Gasteiger partial charge is 0.467 e. The van der Waals surface area contributed by atoms with Gasteiger partial charge >= 0.3 is 0 Å². The molecular formula is C17H18N2O4. The molecule has 2 N–H and O–H groups in total. The third-order valence-corrected chi connectivity index (χ3v) is 3.62. The molecule has 6 nitrogen and oxygen atoms in total.